The molecular weight excluding hydrogens is 334 g/mol. The molecule has 0 spiro atoms. The van der Waals surface area contributed by atoms with Crippen molar-refractivity contribution in [2.45, 2.75) is 63.1 Å². The van der Waals surface area contributed by atoms with Gasteiger partial charge in [-0.1, -0.05) is 43.0 Å². The number of piperidine rings is 1. The first-order valence-corrected chi connectivity index (χ1v) is 10.2. The summed E-state index contributed by atoms with van der Waals surface area (Å²) in [5.41, 5.74) is 1.18. The monoisotopic (exact) mass is 361 g/mol. The summed E-state index contributed by atoms with van der Waals surface area (Å²) in [5, 5.41) is 4.17. The Morgan fingerprint density at radius 2 is 1.76 bits per heavy atom. The lowest BCUT2D eigenvalue weighted by Gasteiger charge is -2.36. The topological polar surface area (TPSA) is 35.6 Å². The third-order valence-corrected chi connectivity index (χ3v) is 6.36. The van der Waals surface area contributed by atoms with Crippen LogP contribution in [0.4, 0.5) is 4.79 Å². The molecule has 1 saturated carbocycles. The van der Waals surface area contributed by atoms with E-state index in [1.165, 1.54) is 24.8 Å². The maximum atomic E-state index is 13.4. The van der Waals surface area contributed by atoms with Crippen molar-refractivity contribution in [3.05, 3.63) is 34.9 Å². The van der Waals surface area contributed by atoms with Crippen molar-refractivity contribution in [1.82, 2.24) is 15.1 Å². The second-order valence-electron chi connectivity index (χ2n) is 7.69. The molecule has 0 bridgehead atoms. The zero-order chi connectivity index (χ0) is 17.2. The van der Waals surface area contributed by atoms with Crippen molar-refractivity contribution >= 4 is 17.6 Å². The summed E-state index contributed by atoms with van der Waals surface area (Å²) in [6, 6.07) is 9.24. The van der Waals surface area contributed by atoms with Crippen LogP contribution in [-0.4, -0.2) is 47.5 Å². The standard InChI is InChI=1S/C20H28ClN3O/c21-16-6-4-5-15(13-16)19-14-23(17-7-2-1-3-8-17)20(25)24(19)18-9-11-22-12-10-18/h4-6,13,17-19,22H,1-3,7-12,14H2. The Morgan fingerprint density at radius 1 is 1.00 bits per heavy atom. The van der Waals surface area contributed by atoms with Crippen LogP contribution in [0.25, 0.3) is 0 Å². The van der Waals surface area contributed by atoms with Crippen molar-refractivity contribution < 1.29 is 4.79 Å². The lowest BCUT2D eigenvalue weighted by atomic mass is 9.94. The molecule has 4 nitrogen and oxygen atoms in total. The predicted molar refractivity (Wildman–Crippen MR) is 101 cm³/mol. The highest BCUT2D eigenvalue weighted by Gasteiger charge is 2.44. The number of carbonyl (C=O) groups is 1. The Labute approximate surface area is 155 Å². The van der Waals surface area contributed by atoms with Crippen LogP contribution in [0.5, 0.6) is 0 Å². The Hall–Kier alpha value is -1.26. The second-order valence-corrected chi connectivity index (χ2v) is 8.12. The van der Waals surface area contributed by atoms with E-state index in [4.69, 9.17) is 11.6 Å². The normalized spacial score (nSPS) is 26.4. The first kappa shape index (κ1) is 17.2. The lowest BCUT2D eigenvalue weighted by Crippen LogP contribution is -2.47. The van der Waals surface area contributed by atoms with Crippen LogP contribution >= 0.6 is 11.6 Å². The van der Waals surface area contributed by atoms with E-state index in [0.29, 0.717) is 12.1 Å². The van der Waals surface area contributed by atoms with Crippen molar-refractivity contribution in [2.24, 2.45) is 0 Å². The van der Waals surface area contributed by atoms with Gasteiger partial charge in [-0.2, -0.15) is 0 Å². The summed E-state index contributed by atoms with van der Waals surface area (Å²) < 4.78 is 0. The van der Waals surface area contributed by atoms with Crippen LogP contribution in [0.3, 0.4) is 0 Å². The molecule has 1 atom stereocenters. The number of hydrogen-bond donors (Lipinski definition) is 1. The Balaban J connectivity index is 1.62. The van der Waals surface area contributed by atoms with E-state index >= 15 is 0 Å². The summed E-state index contributed by atoms with van der Waals surface area (Å²) >= 11 is 6.25. The molecule has 5 heteroatoms. The molecule has 1 aliphatic carbocycles. The van der Waals surface area contributed by atoms with Crippen LogP contribution in [0.1, 0.15) is 56.6 Å². The minimum Gasteiger partial charge on any atom is -0.319 e. The number of benzene rings is 1. The molecule has 3 aliphatic rings. The SMILES string of the molecule is O=C1N(C2CCCCC2)CC(c2cccc(Cl)c2)N1C1CCNCC1. The summed E-state index contributed by atoms with van der Waals surface area (Å²) in [7, 11) is 0. The molecule has 1 N–H and O–H groups in total. The van der Waals surface area contributed by atoms with E-state index in [2.05, 4.69) is 21.2 Å². The smallest absolute Gasteiger partial charge is 0.319 e. The number of halogens is 1. The van der Waals surface area contributed by atoms with E-state index in [9.17, 15) is 4.79 Å². The van der Waals surface area contributed by atoms with Gasteiger partial charge in [0.1, 0.15) is 0 Å². The number of nitrogens with zero attached hydrogens (tertiary/aromatic N) is 2. The molecule has 2 saturated heterocycles. The van der Waals surface area contributed by atoms with E-state index in [1.807, 2.05) is 18.2 Å². The number of hydrogen-bond acceptors (Lipinski definition) is 2. The zero-order valence-corrected chi connectivity index (χ0v) is 15.5. The minimum absolute atomic E-state index is 0.135. The third-order valence-electron chi connectivity index (χ3n) is 6.12. The van der Waals surface area contributed by atoms with Gasteiger partial charge >= 0.3 is 6.03 Å². The fourth-order valence-electron chi connectivity index (χ4n) is 4.81. The predicted octanol–water partition coefficient (Wildman–Crippen LogP) is 4.20. The van der Waals surface area contributed by atoms with E-state index in [0.717, 1.165) is 50.3 Å². The molecule has 2 amide bonds. The van der Waals surface area contributed by atoms with Gasteiger partial charge in [-0.05, 0) is 56.5 Å². The van der Waals surface area contributed by atoms with Crippen molar-refractivity contribution in [1.29, 1.82) is 0 Å². The summed E-state index contributed by atoms with van der Waals surface area (Å²) in [4.78, 5) is 17.7. The van der Waals surface area contributed by atoms with Gasteiger partial charge in [0.15, 0.2) is 0 Å². The largest absolute Gasteiger partial charge is 0.321 e. The van der Waals surface area contributed by atoms with Gasteiger partial charge in [0.25, 0.3) is 0 Å². The molecule has 0 aromatic heterocycles. The fraction of sp³-hybridized carbons (Fsp3) is 0.650. The first-order valence-electron chi connectivity index (χ1n) is 9.79. The fourth-order valence-corrected chi connectivity index (χ4v) is 5.01. The average molecular weight is 362 g/mol. The van der Waals surface area contributed by atoms with Gasteiger partial charge in [0.05, 0.1) is 6.04 Å². The quantitative estimate of drug-likeness (QED) is 0.875. The highest BCUT2D eigenvalue weighted by molar-refractivity contribution is 6.30. The molecule has 1 aromatic carbocycles. The molecule has 0 radical (unpaired) electrons. The molecule has 2 aliphatic heterocycles. The average Bonchev–Trinajstić information content (AvgIpc) is 3.00. The van der Waals surface area contributed by atoms with E-state index in [-0.39, 0.29) is 12.1 Å². The highest BCUT2D eigenvalue weighted by atomic mass is 35.5. The Morgan fingerprint density at radius 3 is 2.48 bits per heavy atom. The molecule has 2 heterocycles. The van der Waals surface area contributed by atoms with Gasteiger partial charge < -0.3 is 15.1 Å². The van der Waals surface area contributed by atoms with Crippen LogP contribution in [0.2, 0.25) is 5.02 Å². The lowest BCUT2D eigenvalue weighted by molar-refractivity contribution is 0.139. The maximum Gasteiger partial charge on any atom is 0.321 e. The highest BCUT2D eigenvalue weighted by Crippen LogP contribution is 2.38. The van der Waals surface area contributed by atoms with Crippen LogP contribution < -0.4 is 5.32 Å². The van der Waals surface area contributed by atoms with Gasteiger partial charge in [-0.15, -0.1) is 0 Å². The van der Waals surface area contributed by atoms with E-state index in [1.54, 1.807) is 0 Å². The molecule has 3 fully saturated rings. The summed E-state index contributed by atoms with van der Waals surface area (Å²) in [5.74, 6) is 0. The van der Waals surface area contributed by atoms with Crippen molar-refractivity contribution in [2.75, 3.05) is 19.6 Å². The number of carbonyl (C=O) groups excluding carboxylic acids is 1. The van der Waals surface area contributed by atoms with Gasteiger partial charge in [-0.3, -0.25) is 0 Å². The van der Waals surface area contributed by atoms with Gasteiger partial charge in [-0.25, -0.2) is 4.79 Å². The van der Waals surface area contributed by atoms with E-state index < -0.39 is 0 Å². The minimum atomic E-state index is 0.135. The van der Waals surface area contributed by atoms with Crippen LogP contribution in [-0.2, 0) is 0 Å². The van der Waals surface area contributed by atoms with Crippen LogP contribution in [0.15, 0.2) is 24.3 Å². The number of urea groups is 1. The first-order chi connectivity index (χ1) is 12.2. The molecule has 1 unspecified atom stereocenters. The number of rotatable bonds is 3. The Kier molecular flexibility index (Phi) is 5.18. The maximum absolute atomic E-state index is 13.4. The van der Waals surface area contributed by atoms with Gasteiger partial charge in [0.2, 0.25) is 0 Å². The molecule has 4 rings (SSSR count). The zero-order valence-electron chi connectivity index (χ0n) is 14.8. The summed E-state index contributed by atoms with van der Waals surface area (Å²) in [6.07, 6.45) is 8.23. The van der Waals surface area contributed by atoms with Crippen molar-refractivity contribution in [3.8, 4) is 0 Å². The van der Waals surface area contributed by atoms with Gasteiger partial charge in [0, 0.05) is 23.7 Å². The molecule has 25 heavy (non-hydrogen) atoms. The summed E-state index contributed by atoms with van der Waals surface area (Å²) in [6.45, 7) is 2.81. The Bertz CT molecular complexity index is 611. The third kappa shape index (κ3) is 3.52. The molecular formula is C20H28ClN3O. The molecule has 136 valence electrons. The number of amides is 2. The van der Waals surface area contributed by atoms with Crippen LogP contribution in [0, 0.1) is 0 Å². The van der Waals surface area contributed by atoms with Crippen molar-refractivity contribution in [3.63, 3.8) is 0 Å². The second kappa shape index (κ2) is 7.55. The molecule has 1 aromatic rings. The number of nitrogens with one attached hydrogen (secondary N) is 1.